The van der Waals surface area contributed by atoms with Crippen molar-refractivity contribution in [3.8, 4) is 16.8 Å². The van der Waals surface area contributed by atoms with E-state index in [4.69, 9.17) is 6.57 Å². The molecular formula is C23H18F4N6O2S. The summed E-state index contributed by atoms with van der Waals surface area (Å²) >= 11 is 0. The Hall–Kier alpha value is -4.02. The number of rotatable bonds is 6. The monoisotopic (exact) mass is 518 g/mol. The molecule has 8 nitrogen and oxygen atoms in total. The van der Waals surface area contributed by atoms with Gasteiger partial charge in [-0.15, -0.1) is 0 Å². The largest absolute Gasteiger partial charge is 0.407 e. The number of hydrogen-bond acceptors (Lipinski definition) is 4. The minimum Gasteiger partial charge on any atom is -0.274 e. The highest BCUT2D eigenvalue weighted by Crippen LogP contribution is 2.37. The first-order valence-corrected chi connectivity index (χ1v) is 11.8. The molecule has 0 saturated heterocycles. The van der Waals surface area contributed by atoms with Crippen LogP contribution in [-0.2, 0) is 29.8 Å². The van der Waals surface area contributed by atoms with Crippen LogP contribution in [0.15, 0.2) is 59.9 Å². The summed E-state index contributed by atoms with van der Waals surface area (Å²) < 4.78 is 84.5. The van der Waals surface area contributed by atoms with Gasteiger partial charge < -0.3 is 0 Å². The molecule has 4 aromatic rings. The molecule has 0 aliphatic rings. The van der Waals surface area contributed by atoms with Gasteiger partial charge in [0, 0.05) is 37.1 Å². The Morgan fingerprint density at radius 3 is 2.47 bits per heavy atom. The van der Waals surface area contributed by atoms with E-state index in [-0.39, 0.29) is 22.7 Å². The summed E-state index contributed by atoms with van der Waals surface area (Å²) in [6, 6.07) is 7.36. The molecular weight excluding hydrogens is 500 g/mol. The molecule has 0 fully saturated rings. The van der Waals surface area contributed by atoms with Crippen LogP contribution < -0.4 is 4.72 Å². The minimum atomic E-state index is -4.71. The molecule has 0 atom stereocenters. The van der Waals surface area contributed by atoms with Crippen LogP contribution in [0.2, 0.25) is 0 Å². The number of nitrogens with zero attached hydrogens (tertiary/aromatic N) is 5. The zero-order chi connectivity index (χ0) is 26.3. The number of nitrogens with one attached hydrogen (secondary N) is 1. The fourth-order valence-corrected chi connectivity index (χ4v) is 4.79. The molecule has 4 rings (SSSR count). The van der Waals surface area contributed by atoms with Gasteiger partial charge in [-0.05, 0) is 30.7 Å². The van der Waals surface area contributed by atoms with Gasteiger partial charge in [-0.3, -0.25) is 4.68 Å². The van der Waals surface area contributed by atoms with E-state index >= 15 is 0 Å². The number of hydrogen-bond donors (Lipinski definition) is 1. The van der Waals surface area contributed by atoms with E-state index in [1.54, 1.807) is 20.0 Å². The maximum atomic E-state index is 14.8. The molecule has 186 valence electrons. The first kappa shape index (κ1) is 25.1. The van der Waals surface area contributed by atoms with Gasteiger partial charge in [0.15, 0.2) is 5.69 Å². The third-order valence-electron chi connectivity index (χ3n) is 5.35. The second-order valence-electron chi connectivity index (χ2n) is 7.87. The standard InChI is InChI=1S/C23H18F4N6O2S/c1-14-22(13-32(3)31-14)36(34,35)30-11-16-5-4-15(8-20(16)24)17-10-29-33(12-17)18-6-7-21(28-2)19(9-18)23(25,26)27/h4-10,12-13,30H,11H2,1,3H3. The van der Waals surface area contributed by atoms with Gasteiger partial charge in [0.1, 0.15) is 10.7 Å². The van der Waals surface area contributed by atoms with Crippen LogP contribution in [0, 0.1) is 19.3 Å². The Bertz CT molecular complexity index is 1600. The van der Waals surface area contributed by atoms with Gasteiger partial charge in [0.05, 0.1) is 29.7 Å². The highest BCUT2D eigenvalue weighted by molar-refractivity contribution is 7.89. The molecule has 0 radical (unpaired) electrons. The number of sulfonamides is 1. The molecule has 0 amide bonds. The molecule has 2 aromatic heterocycles. The number of halogens is 4. The summed E-state index contributed by atoms with van der Waals surface area (Å²) in [5.41, 5.74) is -0.294. The number of benzene rings is 2. The lowest BCUT2D eigenvalue weighted by atomic mass is 10.1. The Kier molecular flexibility index (Phi) is 6.42. The van der Waals surface area contributed by atoms with Crippen molar-refractivity contribution in [1.82, 2.24) is 24.3 Å². The topological polar surface area (TPSA) is 86.2 Å². The van der Waals surface area contributed by atoms with E-state index in [1.807, 2.05) is 0 Å². The highest BCUT2D eigenvalue weighted by atomic mass is 32.2. The van der Waals surface area contributed by atoms with Crippen molar-refractivity contribution < 1.29 is 26.0 Å². The highest BCUT2D eigenvalue weighted by Gasteiger charge is 2.33. The summed E-state index contributed by atoms with van der Waals surface area (Å²) in [4.78, 5) is 2.90. The Labute approximate surface area is 203 Å². The van der Waals surface area contributed by atoms with E-state index in [9.17, 15) is 26.0 Å². The molecule has 2 aromatic carbocycles. The molecule has 0 spiro atoms. The summed E-state index contributed by atoms with van der Waals surface area (Å²) in [5.74, 6) is -0.674. The van der Waals surface area contributed by atoms with Crippen molar-refractivity contribution in [3.63, 3.8) is 0 Å². The van der Waals surface area contributed by atoms with Crippen LogP contribution in [0.5, 0.6) is 0 Å². The van der Waals surface area contributed by atoms with E-state index < -0.39 is 33.3 Å². The first-order chi connectivity index (χ1) is 16.9. The summed E-state index contributed by atoms with van der Waals surface area (Å²) in [6.07, 6.45) is -0.572. The van der Waals surface area contributed by atoms with Gasteiger partial charge in [-0.25, -0.2) is 27.1 Å². The van der Waals surface area contributed by atoms with Crippen molar-refractivity contribution in [2.75, 3.05) is 0 Å². The van der Waals surface area contributed by atoms with E-state index in [1.165, 1.54) is 46.2 Å². The van der Waals surface area contributed by atoms with Crippen molar-refractivity contribution in [2.45, 2.75) is 24.5 Å². The van der Waals surface area contributed by atoms with Crippen LogP contribution in [-0.4, -0.2) is 28.0 Å². The Balaban J connectivity index is 1.55. The van der Waals surface area contributed by atoms with E-state index in [0.717, 1.165) is 12.1 Å². The van der Waals surface area contributed by atoms with Crippen molar-refractivity contribution in [3.05, 3.63) is 89.0 Å². The first-order valence-electron chi connectivity index (χ1n) is 10.3. The molecule has 2 heterocycles. The van der Waals surface area contributed by atoms with Crippen LogP contribution in [0.4, 0.5) is 23.2 Å². The summed E-state index contributed by atoms with van der Waals surface area (Å²) in [6.45, 7) is 8.19. The molecule has 0 unspecified atom stereocenters. The van der Waals surface area contributed by atoms with Gasteiger partial charge >= 0.3 is 6.18 Å². The lowest BCUT2D eigenvalue weighted by molar-refractivity contribution is -0.136. The zero-order valence-electron chi connectivity index (χ0n) is 18.9. The number of aromatic nitrogens is 4. The number of alkyl halides is 3. The van der Waals surface area contributed by atoms with Gasteiger partial charge in [0.25, 0.3) is 0 Å². The predicted octanol–water partition coefficient (Wildman–Crippen LogP) is 4.77. The average Bonchev–Trinajstić information content (AvgIpc) is 3.44. The molecule has 36 heavy (non-hydrogen) atoms. The smallest absolute Gasteiger partial charge is 0.274 e. The molecule has 0 aliphatic carbocycles. The number of aryl methyl sites for hydroxylation is 2. The SMILES string of the molecule is [C-]#[N+]c1ccc(-n2cc(-c3ccc(CNS(=O)(=O)c4cn(C)nc4C)c(F)c3)cn2)cc1C(F)(F)F. The molecule has 0 saturated carbocycles. The Morgan fingerprint density at radius 2 is 1.86 bits per heavy atom. The average molecular weight is 518 g/mol. The second-order valence-corrected chi connectivity index (χ2v) is 9.60. The van der Waals surface area contributed by atoms with Crippen LogP contribution in [0.25, 0.3) is 21.7 Å². The maximum absolute atomic E-state index is 14.8. The fraction of sp³-hybridized carbons (Fsp3) is 0.174. The van der Waals surface area contributed by atoms with Crippen molar-refractivity contribution in [1.29, 1.82) is 0 Å². The zero-order valence-corrected chi connectivity index (χ0v) is 19.7. The van der Waals surface area contributed by atoms with Crippen LogP contribution in [0.3, 0.4) is 0 Å². The van der Waals surface area contributed by atoms with Crippen LogP contribution in [0.1, 0.15) is 16.8 Å². The Morgan fingerprint density at radius 1 is 1.11 bits per heavy atom. The lowest BCUT2D eigenvalue weighted by Gasteiger charge is -2.11. The predicted molar refractivity (Wildman–Crippen MR) is 122 cm³/mol. The van der Waals surface area contributed by atoms with Crippen LogP contribution >= 0.6 is 0 Å². The van der Waals surface area contributed by atoms with Gasteiger partial charge in [0.2, 0.25) is 10.0 Å². The molecule has 1 N–H and O–H groups in total. The van der Waals surface area contributed by atoms with Gasteiger partial charge in [-0.2, -0.15) is 23.4 Å². The second kappa shape index (κ2) is 9.21. The summed E-state index contributed by atoms with van der Waals surface area (Å²) in [7, 11) is -2.32. The summed E-state index contributed by atoms with van der Waals surface area (Å²) in [5, 5.41) is 8.05. The third-order valence-corrected chi connectivity index (χ3v) is 6.85. The maximum Gasteiger partial charge on any atom is 0.407 e. The molecule has 0 aliphatic heterocycles. The van der Waals surface area contributed by atoms with E-state index in [2.05, 4.69) is 19.8 Å². The van der Waals surface area contributed by atoms with Gasteiger partial charge in [-0.1, -0.05) is 18.2 Å². The van der Waals surface area contributed by atoms with E-state index in [0.29, 0.717) is 16.8 Å². The van der Waals surface area contributed by atoms with Crippen molar-refractivity contribution >= 4 is 15.7 Å². The molecule has 0 bridgehead atoms. The molecule has 13 heteroatoms. The minimum absolute atomic E-state index is 0.00690. The quantitative estimate of drug-likeness (QED) is 0.294. The van der Waals surface area contributed by atoms with Crippen molar-refractivity contribution in [2.24, 2.45) is 7.05 Å². The normalized spacial score (nSPS) is 12.0. The third kappa shape index (κ3) is 5.00. The lowest BCUT2D eigenvalue weighted by Crippen LogP contribution is -2.24. The fourth-order valence-electron chi connectivity index (χ4n) is 3.57.